The quantitative estimate of drug-likeness (QED) is 0.752. The van der Waals surface area contributed by atoms with Gasteiger partial charge < -0.3 is 4.57 Å². The van der Waals surface area contributed by atoms with Crippen molar-refractivity contribution >= 4 is 22.6 Å². The van der Waals surface area contributed by atoms with E-state index in [2.05, 4.69) is 4.98 Å². The molecule has 1 unspecified atom stereocenters. The molecular formula is C14H16ClF3N2. The molecule has 0 N–H and O–H groups in total. The fraction of sp³-hybridized carbons (Fsp3) is 0.500. The van der Waals surface area contributed by atoms with E-state index >= 15 is 0 Å². The van der Waals surface area contributed by atoms with Crippen molar-refractivity contribution in [2.45, 2.75) is 38.9 Å². The number of alkyl halides is 4. The highest BCUT2D eigenvalue weighted by atomic mass is 35.5. The lowest BCUT2D eigenvalue weighted by molar-refractivity contribution is -0.141. The first-order valence-corrected chi connectivity index (χ1v) is 6.95. The Balaban J connectivity index is 2.52. The Kier molecular flexibility index (Phi) is 4.28. The smallest absolute Gasteiger partial charge is 0.325 e. The molecule has 1 aromatic heterocycles. The number of rotatable bonds is 4. The van der Waals surface area contributed by atoms with Gasteiger partial charge in [-0.2, -0.15) is 13.2 Å². The van der Waals surface area contributed by atoms with E-state index in [1.165, 1.54) is 0 Å². The van der Waals surface area contributed by atoms with Crippen LogP contribution in [0.2, 0.25) is 0 Å². The Bertz CT molecular complexity index is 604. The molecule has 6 heteroatoms. The third kappa shape index (κ3) is 3.26. The highest BCUT2D eigenvalue weighted by Gasteiger charge is 2.32. The van der Waals surface area contributed by atoms with Gasteiger partial charge >= 0.3 is 6.18 Å². The zero-order valence-electron chi connectivity index (χ0n) is 11.3. The molecule has 0 saturated carbocycles. The van der Waals surface area contributed by atoms with Crippen LogP contribution in [0.25, 0.3) is 11.0 Å². The summed E-state index contributed by atoms with van der Waals surface area (Å²) >= 11 is 5.73. The summed E-state index contributed by atoms with van der Waals surface area (Å²) in [6.45, 7) is 3.47. The number of benzene rings is 1. The van der Waals surface area contributed by atoms with Crippen LogP contribution >= 0.6 is 11.6 Å². The number of fused-ring (bicyclic) bond motifs is 1. The maximum Gasteiger partial charge on any atom is 0.391 e. The van der Waals surface area contributed by atoms with Gasteiger partial charge in [0.15, 0.2) is 0 Å². The molecule has 2 nitrogen and oxygen atoms in total. The number of halogens is 4. The third-order valence-corrected chi connectivity index (χ3v) is 3.39. The standard InChI is InChI=1S/C14H16ClF3N2/c1-9-3-4-11-12(7-9)20(13(19-11)5-6-15)10(2)8-14(16,17)18/h3-4,7,10H,5-6,8H2,1-2H3. The molecule has 2 aromatic rings. The number of aromatic nitrogens is 2. The van der Waals surface area contributed by atoms with Crippen LogP contribution in [0.1, 0.15) is 30.8 Å². The fourth-order valence-electron chi connectivity index (χ4n) is 2.43. The minimum absolute atomic E-state index is 0.334. The molecule has 1 aromatic carbocycles. The second kappa shape index (κ2) is 5.64. The maximum absolute atomic E-state index is 12.6. The summed E-state index contributed by atoms with van der Waals surface area (Å²) in [4.78, 5) is 4.41. The lowest BCUT2D eigenvalue weighted by atomic mass is 10.2. The molecule has 20 heavy (non-hydrogen) atoms. The maximum atomic E-state index is 12.6. The van der Waals surface area contributed by atoms with Crippen LogP contribution < -0.4 is 0 Å². The molecule has 0 aliphatic heterocycles. The second-order valence-electron chi connectivity index (χ2n) is 5.00. The number of nitrogens with zero attached hydrogens (tertiary/aromatic N) is 2. The SMILES string of the molecule is Cc1ccc2nc(CCCl)n(C(C)CC(F)(F)F)c2c1. The first-order chi connectivity index (χ1) is 9.31. The molecule has 0 spiro atoms. The van der Waals surface area contributed by atoms with Crippen LogP contribution in [0.4, 0.5) is 13.2 Å². The molecule has 1 heterocycles. The van der Waals surface area contributed by atoms with Gasteiger partial charge in [0.25, 0.3) is 0 Å². The fourth-order valence-corrected chi connectivity index (χ4v) is 2.60. The predicted octanol–water partition coefficient (Wildman–Crippen LogP) is 4.64. The van der Waals surface area contributed by atoms with Crippen molar-refractivity contribution < 1.29 is 13.2 Å². The van der Waals surface area contributed by atoms with E-state index in [0.29, 0.717) is 23.6 Å². The first-order valence-electron chi connectivity index (χ1n) is 6.42. The average Bonchev–Trinajstić information content (AvgIpc) is 2.64. The monoisotopic (exact) mass is 304 g/mol. The minimum atomic E-state index is -4.20. The van der Waals surface area contributed by atoms with Gasteiger partial charge in [-0.1, -0.05) is 6.07 Å². The highest BCUT2D eigenvalue weighted by Crippen LogP contribution is 2.31. The normalized spacial score (nSPS) is 13.9. The van der Waals surface area contributed by atoms with Crippen molar-refractivity contribution in [1.82, 2.24) is 9.55 Å². The van der Waals surface area contributed by atoms with Gasteiger partial charge in [0.1, 0.15) is 5.82 Å². The van der Waals surface area contributed by atoms with Gasteiger partial charge in [-0.15, -0.1) is 11.6 Å². The average molecular weight is 305 g/mol. The molecular weight excluding hydrogens is 289 g/mol. The molecule has 0 saturated heterocycles. The van der Waals surface area contributed by atoms with Crippen LogP contribution in [0, 0.1) is 6.92 Å². The summed E-state index contributed by atoms with van der Waals surface area (Å²) in [6, 6.07) is 4.91. The summed E-state index contributed by atoms with van der Waals surface area (Å²) < 4.78 is 39.6. The second-order valence-corrected chi connectivity index (χ2v) is 5.38. The molecule has 0 amide bonds. The molecule has 0 bridgehead atoms. The summed E-state index contributed by atoms with van der Waals surface area (Å²) in [5, 5.41) is 0. The van der Waals surface area contributed by atoms with Crippen molar-refractivity contribution in [3.05, 3.63) is 29.6 Å². The van der Waals surface area contributed by atoms with Gasteiger partial charge in [0.2, 0.25) is 0 Å². The number of imidazole rings is 1. The Morgan fingerprint density at radius 1 is 1.35 bits per heavy atom. The van der Waals surface area contributed by atoms with Gasteiger partial charge in [0, 0.05) is 18.3 Å². The van der Waals surface area contributed by atoms with E-state index in [4.69, 9.17) is 11.6 Å². The van der Waals surface area contributed by atoms with Crippen LogP contribution in [0.3, 0.4) is 0 Å². The third-order valence-electron chi connectivity index (χ3n) is 3.20. The van der Waals surface area contributed by atoms with Crippen molar-refractivity contribution in [3.63, 3.8) is 0 Å². The summed E-state index contributed by atoms with van der Waals surface area (Å²) in [7, 11) is 0. The first kappa shape index (κ1) is 15.2. The van der Waals surface area contributed by atoms with Crippen LogP contribution in [0.15, 0.2) is 18.2 Å². The minimum Gasteiger partial charge on any atom is -0.325 e. The lowest BCUT2D eigenvalue weighted by Gasteiger charge is -2.19. The summed E-state index contributed by atoms with van der Waals surface area (Å²) in [5.41, 5.74) is 2.45. The molecule has 2 rings (SSSR count). The van der Waals surface area contributed by atoms with Crippen molar-refractivity contribution in [3.8, 4) is 0 Å². The van der Waals surface area contributed by atoms with E-state index in [9.17, 15) is 13.2 Å². The number of hydrogen-bond donors (Lipinski definition) is 0. The number of hydrogen-bond acceptors (Lipinski definition) is 1. The zero-order valence-corrected chi connectivity index (χ0v) is 12.1. The largest absolute Gasteiger partial charge is 0.391 e. The van der Waals surface area contributed by atoms with E-state index in [1.54, 1.807) is 11.5 Å². The van der Waals surface area contributed by atoms with Crippen LogP contribution in [-0.4, -0.2) is 21.6 Å². The molecule has 110 valence electrons. The van der Waals surface area contributed by atoms with Gasteiger partial charge in [-0.05, 0) is 31.5 Å². The molecule has 0 aliphatic rings. The molecule has 0 fully saturated rings. The number of aryl methyl sites for hydroxylation is 2. The van der Waals surface area contributed by atoms with Gasteiger partial charge in [-0.25, -0.2) is 4.98 Å². The molecule has 0 radical (unpaired) electrons. The Morgan fingerprint density at radius 2 is 2.05 bits per heavy atom. The van der Waals surface area contributed by atoms with E-state index in [1.807, 2.05) is 25.1 Å². The summed E-state index contributed by atoms with van der Waals surface area (Å²) in [6.07, 6.45) is -4.61. The highest BCUT2D eigenvalue weighted by molar-refractivity contribution is 6.17. The predicted molar refractivity (Wildman–Crippen MR) is 74.3 cm³/mol. The van der Waals surface area contributed by atoms with Crippen molar-refractivity contribution in [2.24, 2.45) is 0 Å². The van der Waals surface area contributed by atoms with Crippen LogP contribution in [-0.2, 0) is 6.42 Å². The Hall–Kier alpha value is -1.23. The topological polar surface area (TPSA) is 17.8 Å². The van der Waals surface area contributed by atoms with E-state index in [-0.39, 0.29) is 0 Å². The Morgan fingerprint density at radius 3 is 2.65 bits per heavy atom. The van der Waals surface area contributed by atoms with Crippen LogP contribution in [0.5, 0.6) is 0 Å². The molecule has 0 aliphatic carbocycles. The van der Waals surface area contributed by atoms with E-state index < -0.39 is 18.6 Å². The Labute approximate surface area is 120 Å². The molecule has 1 atom stereocenters. The van der Waals surface area contributed by atoms with E-state index in [0.717, 1.165) is 11.1 Å². The lowest BCUT2D eigenvalue weighted by Crippen LogP contribution is -2.18. The van der Waals surface area contributed by atoms with Gasteiger partial charge in [0.05, 0.1) is 17.5 Å². The van der Waals surface area contributed by atoms with Crippen molar-refractivity contribution in [2.75, 3.05) is 5.88 Å². The van der Waals surface area contributed by atoms with Crippen molar-refractivity contribution in [1.29, 1.82) is 0 Å². The summed E-state index contributed by atoms with van der Waals surface area (Å²) in [5.74, 6) is 0.943. The van der Waals surface area contributed by atoms with Gasteiger partial charge in [-0.3, -0.25) is 0 Å². The zero-order chi connectivity index (χ0) is 14.9.